The number of rotatable bonds is 2. The lowest BCUT2D eigenvalue weighted by atomic mass is 9.84. The molecule has 3 saturated heterocycles. The van der Waals surface area contributed by atoms with Gasteiger partial charge in [0.25, 0.3) is 0 Å². The third-order valence-electron chi connectivity index (χ3n) is 5.62. The zero-order chi connectivity index (χ0) is 15.4. The number of amides is 2. The van der Waals surface area contributed by atoms with Crippen molar-refractivity contribution in [1.82, 2.24) is 9.80 Å². The van der Waals surface area contributed by atoms with Crippen LogP contribution >= 0.6 is 0 Å². The van der Waals surface area contributed by atoms with Crippen LogP contribution in [0.2, 0.25) is 0 Å². The monoisotopic (exact) mass is 294 g/mol. The first-order valence-corrected chi connectivity index (χ1v) is 8.13. The number of carbonyl (C=O) groups excluding carboxylic acids is 2. The molecule has 0 saturated carbocycles. The van der Waals surface area contributed by atoms with E-state index in [0.717, 1.165) is 25.8 Å². The second-order valence-electron chi connectivity index (χ2n) is 7.21. The van der Waals surface area contributed by atoms with Gasteiger partial charge in [-0.3, -0.25) is 9.59 Å². The molecular weight excluding hydrogens is 268 g/mol. The van der Waals surface area contributed by atoms with Crippen LogP contribution in [0.1, 0.15) is 47.0 Å². The SMILES string of the molecule is CC(C)C1C(=O)N2CCCC2C(=O)N1C1(C)CCOC1C. The molecule has 0 N–H and O–H groups in total. The van der Waals surface area contributed by atoms with Crippen LogP contribution in [0.25, 0.3) is 0 Å². The Kier molecular flexibility index (Phi) is 3.51. The molecule has 0 spiro atoms. The fourth-order valence-electron chi connectivity index (χ4n) is 4.16. The second kappa shape index (κ2) is 4.97. The van der Waals surface area contributed by atoms with Crippen LogP contribution in [0.3, 0.4) is 0 Å². The first kappa shape index (κ1) is 14.8. The van der Waals surface area contributed by atoms with Crippen LogP contribution in [-0.2, 0) is 14.3 Å². The summed E-state index contributed by atoms with van der Waals surface area (Å²) in [6.45, 7) is 9.55. The van der Waals surface area contributed by atoms with Gasteiger partial charge in [0.15, 0.2) is 0 Å². The van der Waals surface area contributed by atoms with Crippen molar-refractivity contribution < 1.29 is 14.3 Å². The summed E-state index contributed by atoms with van der Waals surface area (Å²) in [5.41, 5.74) is -0.365. The summed E-state index contributed by atoms with van der Waals surface area (Å²) in [7, 11) is 0. The highest BCUT2D eigenvalue weighted by Gasteiger charge is 2.56. The first-order chi connectivity index (χ1) is 9.88. The molecule has 3 rings (SSSR count). The lowest BCUT2D eigenvalue weighted by molar-refractivity contribution is -0.171. The number of ether oxygens (including phenoxy) is 1. The predicted molar refractivity (Wildman–Crippen MR) is 78.6 cm³/mol. The van der Waals surface area contributed by atoms with E-state index in [9.17, 15) is 9.59 Å². The van der Waals surface area contributed by atoms with Gasteiger partial charge >= 0.3 is 0 Å². The highest BCUT2D eigenvalue weighted by atomic mass is 16.5. The minimum atomic E-state index is -0.365. The fourth-order valence-corrected chi connectivity index (χ4v) is 4.16. The number of hydrogen-bond acceptors (Lipinski definition) is 3. The van der Waals surface area contributed by atoms with Crippen molar-refractivity contribution in [3.8, 4) is 0 Å². The molecule has 3 fully saturated rings. The van der Waals surface area contributed by atoms with E-state index >= 15 is 0 Å². The van der Waals surface area contributed by atoms with Gasteiger partial charge in [0.2, 0.25) is 11.8 Å². The molecule has 3 aliphatic heterocycles. The smallest absolute Gasteiger partial charge is 0.246 e. The molecule has 3 aliphatic rings. The molecule has 4 atom stereocenters. The highest BCUT2D eigenvalue weighted by Crippen LogP contribution is 2.40. The molecule has 0 aliphatic carbocycles. The molecule has 2 amide bonds. The summed E-state index contributed by atoms with van der Waals surface area (Å²) < 4.78 is 5.73. The fraction of sp³-hybridized carbons (Fsp3) is 0.875. The summed E-state index contributed by atoms with van der Waals surface area (Å²) in [5, 5.41) is 0. The molecule has 0 aromatic rings. The zero-order valence-electron chi connectivity index (χ0n) is 13.5. The first-order valence-electron chi connectivity index (χ1n) is 8.13. The Morgan fingerprint density at radius 1 is 1.29 bits per heavy atom. The summed E-state index contributed by atoms with van der Waals surface area (Å²) in [4.78, 5) is 29.7. The highest BCUT2D eigenvalue weighted by molar-refractivity contribution is 5.98. The summed E-state index contributed by atoms with van der Waals surface area (Å²) >= 11 is 0. The van der Waals surface area contributed by atoms with Gasteiger partial charge in [-0.25, -0.2) is 0 Å². The summed E-state index contributed by atoms with van der Waals surface area (Å²) in [6.07, 6.45) is 2.52. The van der Waals surface area contributed by atoms with Gasteiger partial charge in [-0.1, -0.05) is 13.8 Å². The number of hydrogen-bond donors (Lipinski definition) is 0. The van der Waals surface area contributed by atoms with Crippen LogP contribution in [0.15, 0.2) is 0 Å². The van der Waals surface area contributed by atoms with Gasteiger partial charge in [0, 0.05) is 13.2 Å². The Morgan fingerprint density at radius 3 is 2.57 bits per heavy atom. The van der Waals surface area contributed by atoms with Gasteiger partial charge in [-0.05, 0) is 39.0 Å². The van der Waals surface area contributed by atoms with E-state index in [-0.39, 0.29) is 41.5 Å². The lowest BCUT2D eigenvalue weighted by Gasteiger charge is -2.52. The van der Waals surface area contributed by atoms with Crippen molar-refractivity contribution in [1.29, 1.82) is 0 Å². The molecule has 4 unspecified atom stereocenters. The normalized spacial score (nSPS) is 40.3. The maximum Gasteiger partial charge on any atom is 0.246 e. The van der Waals surface area contributed by atoms with Crippen LogP contribution in [0, 0.1) is 5.92 Å². The van der Waals surface area contributed by atoms with Crippen LogP contribution in [-0.4, -0.2) is 58.5 Å². The van der Waals surface area contributed by atoms with E-state index in [1.54, 1.807) is 0 Å². The molecule has 0 bridgehead atoms. The Hall–Kier alpha value is -1.10. The number of carbonyl (C=O) groups is 2. The quantitative estimate of drug-likeness (QED) is 0.774. The van der Waals surface area contributed by atoms with Crippen LogP contribution < -0.4 is 0 Å². The maximum atomic E-state index is 13.1. The Morgan fingerprint density at radius 2 is 2.00 bits per heavy atom. The van der Waals surface area contributed by atoms with Gasteiger partial charge < -0.3 is 14.5 Å². The van der Waals surface area contributed by atoms with Crippen LogP contribution in [0.5, 0.6) is 0 Å². The molecular formula is C16H26N2O3. The Balaban J connectivity index is 2.02. The molecule has 0 aromatic carbocycles. The standard InChI is InChI=1S/C16H26N2O3/c1-10(2)13-15(20)17-8-5-6-12(17)14(19)18(13)16(4)7-9-21-11(16)3/h10-13H,5-9H2,1-4H3. The second-order valence-corrected chi connectivity index (χ2v) is 7.21. The van der Waals surface area contributed by atoms with E-state index in [1.807, 2.05) is 30.6 Å². The van der Waals surface area contributed by atoms with Crippen molar-refractivity contribution in [2.24, 2.45) is 5.92 Å². The molecule has 0 aromatic heterocycles. The van der Waals surface area contributed by atoms with E-state index in [4.69, 9.17) is 4.74 Å². The van der Waals surface area contributed by atoms with Gasteiger partial charge in [0.05, 0.1) is 11.6 Å². The number of piperazine rings is 1. The minimum absolute atomic E-state index is 0.0246. The number of nitrogens with zero attached hydrogens (tertiary/aromatic N) is 2. The predicted octanol–water partition coefficient (Wildman–Crippen LogP) is 1.41. The number of fused-ring (bicyclic) bond motifs is 1. The molecule has 5 nitrogen and oxygen atoms in total. The molecule has 3 heterocycles. The van der Waals surface area contributed by atoms with Gasteiger partial charge in [0.1, 0.15) is 12.1 Å². The molecule has 21 heavy (non-hydrogen) atoms. The van der Waals surface area contributed by atoms with E-state index in [1.165, 1.54) is 0 Å². The van der Waals surface area contributed by atoms with Crippen molar-refractivity contribution in [2.75, 3.05) is 13.2 Å². The van der Waals surface area contributed by atoms with Crippen molar-refractivity contribution in [2.45, 2.75) is 70.7 Å². The average Bonchev–Trinajstić information content (AvgIpc) is 3.02. The van der Waals surface area contributed by atoms with Gasteiger partial charge in [-0.15, -0.1) is 0 Å². The molecule has 0 radical (unpaired) electrons. The van der Waals surface area contributed by atoms with Crippen molar-refractivity contribution >= 4 is 11.8 Å². The summed E-state index contributed by atoms with van der Waals surface area (Å²) in [5.74, 6) is 0.380. The van der Waals surface area contributed by atoms with E-state index < -0.39 is 0 Å². The van der Waals surface area contributed by atoms with Gasteiger partial charge in [-0.2, -0.15) is 0 Å². The molecule has 118 valence electrons. The topological polar surface area (TPSA) is 49.9 Å². The third-order valence-corrected chi connectivity index (χ3v) is 5.62. The van der Waals surface area contributed by atoms with Crippen molar-refractivity contribution in [3.05, 3.63) is 0 Å². The Labute approximate surface area is 126 Å². The van der Waals surface area contributed by atoms with Crippen LogP contribution in [0.4, 0.5) is 0 Å². The van der Waals surface area contributed by atoms with E-state index in [2.05, 4.69) is 6.92 Å². The maximum absolute atomic E-state index is 13.1. The van der Waals surface area contributed by atoms with Crippen molar-refractivity contribution in [3.63, 3.8) is 0 Å². The lowest BCUT2D eigenvalue weighted by Crippen LogP contribution is -2.71. The molecule has 5 heteroatoms. The van der Waals surface area contributed by atoms with E-state index in [0.29, 0.717) is 6.61 Å². The summed E-state index contributed by atoms with van der Waals surface area (Å²) in [6, 6.07) is -0.585. The Bertz CT molecular complexity index is 464. The largest absolute Gasteiger partial charge is 0.376 e. The zero-order valence-corrected chi connectivity index (χ0v) is 13.5. The third kappa shape index (κ3) is 2.00. The minimum Gasteiger partial charge on any atom is -0.376 e. The average molecular weight is 294 g/mol.